The summed E-state index contributed by atoms with van der Waals surface area (Å²) in [6.45, 7) is 1.76. The fourth-order valence-electron chi connectivity index (χ4n) is 2.50. The Bertz CT molecular complexity index is 921. The second-order valence-corrected chi connectivity index (χ2v) is 5.91. The minimum Gasteiger partial charge on any atom is -0.497 e. The fourth-order valence-corrected chi connectivity index (χ4v) is 2.50. The van der Waals surface area contributed by atoms with E-state index in [1.807, 2.05) is 0 Å². The molecule has 0 aliphatic rings. The summed E-state index contributed by atoms with van der Waals surface area (Å²) in [6, 6.07) is 15.1. The van der Waals surface area contributed by atoms with Crippen LogP contribution in [0.4, 0.5) is 11.4 Å². The van der Waals surface area contributed by atoms with Gasteiger partial charge in [0.15, 0.2) is 0 Å². The number of hydrogen-bond acceptors (Lipinski definition) is 4. The Kier molecular flexibility index (Phi) is 5.51. The highest BCUT2D eigenvalue weighted by Gasteiger charge is 2.15. The van der Waals surface area contributed by atoms with Gasteiger partial charge >= 0.3 is 0 Å². The minimum atomic E-state index is -0.447. The van der Waals surface area contributed by atoms with E-state index in [-0.39, 0.29) is 11.8 Å². The summed E-state index contributed by atoms with van der Waals surface area (Å²) in [5.41, 5.74) is 1.68. The van der Waals surface area contributed by atoms with Crippen LogP contribution in [0.2, 0.25) is 0 Å². The maximum Gasteiger partial charge on any atom is 0.255 e. The lowest BCUT2D eigenvalue weighted by Crippen LogP contribution is -2.24. The van der Waals surface area contributed by atoms with Crippen LogP contribution in [-0.2, 0) is 4.79 Å². The van der Waals surface area contributed by atoms with Gasteiger partial charge < -0.3 is 15.4 Å². The number of hydrogen-bond donors (Lipinski definition) is 2. The number of nitrogens with one attached hydrogen (secondary N) is 2. The quantitative estimate of drug-likeness (QED) is 0.702. The largest absolute Gasteiger partial charge is 0.497 e. The van der Waals surface area contributed by atoms with Crippen LogP contribution in [0, 0.1) is 0 Å². The molecule has 3 rings (SSSR count). The van der Waals surface area contributed by atoms with Gasteiger partial charge in [-0.05, 0) is 55.5 Å². The first-order chi connectivity index (χ1) is 13.1. The molecule has 2 amide bonds. The van der Waals surface area contributed by atoms with Crippen molar-refractivity contribution in [2.45, 2.75) is 13.0 Å². The van der Waals surface area contributed by atoms with Crippen LogP contribution < -0.4 is 15.4 Å². The Labute approximate surface area is 157 Å². The van der Waals surface area contributed by atoms with Gasteiger partial charge in [-0.2, -0.15) is 5.10 Å². The second-order valence-electron chi connectivity index (χ2n) is 5.91. The van der Waals surface area contributed by atoms with Gasteiger partial charge in [-0.3, -0.25) is 14.3 Å². The van der Waals surface area contributed by atoms with Crippen LogP contribution in [0.25, 0.3) is 0 Å². The van der Waals surface area contributed by atoms with Gasteiger partial charge in [-0.1, -0.05) is 6.07 Å². The van der Waals surface area contributed by atoms with E-state index in [9.17, 15) is 9.59 Å². The molecule has 138 valence electrons. The van der Waals surface area contributed by atoms with Gasteiger partial charge in [-0.25, -0.2) is 0 Å². The zero-order chi connectivity index (χ0) is 19.2. The van der Waals surface area contributed by atoms with Crippen molar-refractivity contribution in [1.29, 1.82) is 0 Å². The first-order valence-electron chi connectivity index (χ1n) is 8.42. The number of amides is 2. The Morgan fingerprint density at radius 3 is 2.37 bits per heavy atom. The highest BCUT2D eigenvalue weighted by atomic mass is 16.5. The molecule has 0 radical (unpaired) electrons. The molecule has 0 aliphatic carbocycles. The molecule has 0 fully saturated rings. The molecule has 2 aromatic carbocycles. The van der Waals surface area contributed by atoms with Crippen molar-refractivity contribution >= 4 is 23.2 Å². The van der Waals surface area contributed by atoms with E-state index in [1.54, 1.807) is 85.7 Å². The van der Waals surface area contributed by atoms with Crippen LogP contribution >= 0.6 is 0 Å². The molecule has 0 bridgehead atoms. The first-order valence-corrected chi connectivity index (χ1v) is 8.42. The molecule has 1 unspecified atom stereocenters. The monoisotopic (exact) mass is 364 g/mol. The lowest BCUT2D eigenvalue weighted by atomic mass is 10.2. The van der Waals surface area contributed by atoms with E-state index < -0.39 is 6.04 Å². The van der Waals surface area contributed by atoms with Crippen molar-refractivity contribution in [1.82, 2.24) is 9.78 Å². The SMILES string of the molecule is COc1ccc(C(=O)Nc2cccc(NC(=O)C(C)n3cccn3)c2)cc1. The molecule has 0 saturated carbocycles. The lowest BCUT2D eigenvalue weighted by Gasteiger charge is -2.13. The number of methoxy groups -OCH3 is 1. The number of aromatic nitrogens is 2. The highest BCUT2D eigenvalue weighted by Crippen LogP contribution is 2.18. The zero-order valence-corrected chi connectivity index (χ0v) is 15.0. The first kappa shape index (κ1) is 18.2. The van der Waals surface area contributed by atoms with Crippen molar-refractivity contribution < 1.29 is 14.3 Å². The van der Waals surface area contributed by atoms with Crippen LogP contribution in [0.3, 0.4) is 0 Å². The molecule has 0 saturated heterocycles. The molecule has 0 spiro atoms. The number of nitrogens with zero attached hydrogens (tertiary/aromatic N) is 2. The third kappa shape index (κ3) is 4.52. The zero-order valence-electron chi connectivity index (χ0n) is 15.0. The fraction of sp³-hybridized carbons (Fsp3) is 0.150. The summed E-state index contributed by atoms with van der Waals surface area (Å²) in [6.07, 6.45) is 3.36. The smallest absolute Gasteiger partial charge is 0.255 e. The predicted octanol–water partition coefficient (Wildman–Crippen LogP) is 3.34. The van der Waals surface area contributed by atoms with Crippen LogP contribution in [0.5, 0.6) is 5.75 Å². The Balaban J connectivity index is 1.66. The number of carbonyl (C=O) groups excluding carboxylic acids is 2. The van der Waals surface area contributed by atoms with Crippen molar-refractivity contribution in [2.75, 3.05) is 17.7 Å². The van der Waals surface area contributed by atoms with Crippen molar-refractivity contribution in [2.24, 2.45) is 0 Å². The van der Waals surface area contributed by atoms with Gasteiger partial charge in [0.2, 0.25) is 5.91 Å². The van der Waals surface area contributed by atoms with E-state index in [0.29, 0.717) is 22.7 Å². The summed E-state index contributed by atoms with van der Waals surface area (Å²) in [4.78, 5) is 24.7. The van der Waals surface area contributed by atoms with Crippen molar-refractivity contribution in [3.63, 3.8) is 0 Å². The standard InChI is InChI=1S/C20H20N4O3/c1-14(24-12-4-11-21-24)19(25)22-16-5-3-6-17(13-16)23-20(26)15-7-9-18(27-2)10-8-15/h3-14H,1-2H3,(H,22,25)(H,23,26). The van der Waals surface area contributed by atoms with Crippen LogP contribution in [-0.4, -0.2) is 28.7 Å². The van der Waals surface area contributed by atoms with E-state index in [0.717, 1.165) is 0 Å². The molecule has 7 heteroatoms. The number of rotatable bonds is 6. The number of carbonyl (C=O) groups is 2. The molecule has 7 nitrogen and oxygen atoms in total. The molecule has 1 aromatic heterocycles. The van der Waals surface area contributed by atoms with Crippen LogP contribution in [0.15, 0.2) is 67.0 Å². The van der Waals surface area contributed by atoms with Crippen molar-refractivity contribution in [3.8, 4) is 5.75 Å². The highest BCUT2D eigenvalue weighted by molar-refractivity contribution is 6.04. The summed E-state index contributed by atoms with van der Waals surface area (Å²) in [5.74, 6) is 0.242. The van der Waals surface area contributed by atoms with Crippen LogP contribution in [0.1, 0.15) is 23.3 Å². The molecule has 1 atom stereocenters. The summed E-state index contributed by atoms with van der Waals surface area (Å²) < 4.78 is 6.66. The second kappa shape index (κ2) is 8.18. The molecule has 2 N–H and O–H groups in total. The van der Waals surface area contributed by atoms with Gasteiger partial charge in [0, 0.05) is 29.3 Å². The normalized spacial score (nSPS) is 11.5. The summed E-state index contributed by atoms with van der Waals surface area (Å²) in [7, 11) is 1.57. The van der Waals surface area contributed by atoms with E-state index in [4.69, 9.17) is 4.74 Å². The topological polar surface area (TPSA) is 85.3 Å². The Morgan fingerprint density at radius 2 is 1.74 bits per heavy atom. The number of benzene rings is 2. The van der Waals surface area contributed by atoms with Gasteiger partial charge in [-0.15, -0.1) is 0 Å². The molecule has 0 aliphatic heterocycles. The van der Waals surface area contributed by atoms with Gasteiger partial charge in [0.1, 0.15) is 11.8 Å². The molecule has 1 heterocycles. The van der Waals surface area contributed by atoms with E-state index in [2.05, 4.69) is 15.7 Å². The molecular weight excluding hydrogens is 344 g/mol. The Morgan fingerprint density at radius 1 is 1.04 bits per heavy atom. The summed E-state index contributed by atoms with van der Waals surface area (Å²) in [5, 5.41) is 9.72. The maximum atomic E-state index is 12.4. The maximum absolute atomic E-state index is 12.4. The van der Waals surface area contributed by atoms with E-state index in [1.165, 1.54) is 0 Å². The number of ether oxygens (including phenoxy) is 1. The third-order valence-corrected chi connectivity index (χ3v) is 4.04. The third-order valence-electron chi connectivity index (χ3n) is 4.04. The lowest BCUT2D eigenvalue weighted by molar-refractivity contribution is -0.119. The van der Waals surface area contributed by atoms with Gasteiger partial charge in [0.25, 0.3) is 5.91 Å². The average Bonchev–Trinajstić information content (AvgIpc) is 3.22. The predicted molar refractivity (Wildman–Crippen MR) is 103 cm³/mol. The molecule has 27 heavy (non-hydrogen) atoms. The minimum absolute atomic E-state index is 0.197. The molecule has 3 aromatic rings. The van der Waals surface area contributed by atoms with Gasteiger partial charge in [0.05, 0.1) is 7.11 Å². The Hall–Kier alpha value is -3.61. The number of anilines is 2. The summed E-state index contributed by atoms with van der Waals surface area (Å²) >= 11 is 0. The molecular formula is C20H20N4O3. The van der Waals surface area contributed by atoms with E-state index >= 15 is 0 Å². The van der Waals surface area contributed by atoms with Crippen molar-refractivity contribution in [3.05, 3.63) is 72.6 Å². The average molecular weight is 364 g/mol.